The van der Waals surface area contributed by atoms with E-state index in [1.54, 1.807) is 0 Å². The molecule has 192 valence electrons. The predicted molar refractivity (Wildman–Crippen MR) is 166 cm³/mol. The van der Waals surface area contributed by atoms with Crippen molar-refractivity contribution in [1.82, 2.24) is 15.2 Å². The van der Waals surface area contributed by atoms with Crippen molar-refractivity contribution in [2.75, 3.05) is 0 Å². The van der Waals surface area contributed by atoms with E-state index in [4.69, 9.17) is 4.42 Å². The minimum atomic E-state index is 0.505. The summed E-state index contributed by atoms with van der Waals surface area (Å²) < 4.78 is 6.01. The molecule has 0 aliphatic heterocycles. The van der Waals surface area contributed by atoms with Crippen LogP contribution in [0.2, 0.25) is 0 Å². The van der Waals surface area contributed by atoms with E-state index >= 15 is 0 Å². The third kappa shape index (κ3) is 3.88. The second kappa shape index (κ2) is 9.54. The zero-order valence-electron chi connectivity index (χ0n) is 22.0. The van der Waals surface area contributed by atoms with Gasteiger partial charge in [0.1, 0.15) is 0 Å². The first kappa shape index (κ1) is 23.3. The van der Waals surface area contributed by atoms with Gasteiger partial charge in [0.2, 0.25) is 11.8 Å². The summed E-state index contributed by atoms with van der Waals surface area (Å²) in [6.07, 6.45) is 1.85. The molecule has 0 unspecified atom stereocenters. The number of nitrogens with zero attached hydrogens (tertiary/aromatic N) is 3. The van der Waals surface area contributed by atoms with E-state index in [9.17, 15) is 0 Å². The lowest BCUT2D eigenvalue weighted by atomic mass is 9.85. The maximum Gasteiger partial charge on any atom is 0.248 e. The van der Waals surface area contributed by atoms with Crippen molar-refractivity contribution in [3.63, 3.8) is 0 Å². The molecule has 0 saturated carbocycles. The second-order valence-corrected chi connectivity index (χ2v) is 10.1. The molecule has 8 rings (SSSR count). The molecule has 41 heavy (non-hydrogen) atoms. The smallest absolute Gasteiger partial charge is 0.248 e. The van der Waals surface area contributed by atoms with E-state index in [2.05, 4.69) is 112 Å². The lowest BCUT2D eigenvalue weighted by Crippen LogP contribution is -1.92. The van der Waals surface area contributed by atoms with E-state index in [1.165, 1.54) is 38.2 Å². The van der Waals surface area contributed by atoms with Crippen LogP contribution in [0.5, 0.6) is 0 Å². The molecule has 4 nitrogen and oxygen atoms in total. The molecule has 0 saturated heterocycles. The average Bonchev–Trinajstić information content (AvgIpc) is 3.55. The monoisotopic (exact) mass is 525 g/mol. The van der Waals surface area contributed by atoms with Crippen molar-refractivity contribution in [2.45, 2.75) is 0 Å². The fourth-order valence-electron chi connectivity index (χ4n) is 5.87. The van der Waals surface area contributed by atoms with Gasteiger partial charge in [-0.1, -0.05) is 97.1 Å². The Kier molecular flexibility index (Phi) is 5.42. The van der Waals surface area contributed by atoms with Crippen LogP contribution >= 0.6 is 0 Å². The fraction of sp³-hybridized carbons (Fsp3) is 0. The van der Waals surface area contributed by atoms with E-state index in [0.717, 1.165) is 27.6 Å². The third-order valence-electron chi connectivity index (χ3n) is 7.71. The van der Waals surface area contributed by atoms with Crippen LogP contribution in [-0.2, 0) is 0 Å². The molecular formula is C37H23N3O. The standard InChI is InChI=1S/C37H23N3O/c1-2-10-25(11-3-1)36-39-40-37(41-36)26-21-19-24(20-22-26)34-29-12-4-6-14-31(29)35(32-15-7-5-13-30(32)34)28-16-8-18-33-27(28)17-9-23-38-33/h1-23H. The van der Waals surface area contributed by atoms with Crippen LogP contribution in [0.1, 0.15) is 0 Å². The Hall–Kier alpha value is -5.61. The van der Waals surface area contributed by atoms with Crippen LogP contribution in [0.15, 0.2) is 144 Å². The summed E-state index contributed by atoms with van der Waals surface area (Å²) in [7, 11) is 0. The maximum absolute atomic E-state index is 6.01. The second-order valence-electron chi connectivity index (χ2n) is 10.1. The van der Waals surface area contributed by atoms with Gasteiger partial charge in [-0.2, -0.15) is 0 Å². The molecule has 8 aromatic rings. The quantitative estimate of drug-likeness (QED) is 0.215. The normalized spacial score (nSPS) is 11.4. The van der Waals surface area contributed by atoms with Gasteiger partial charge in [0.05, 0.1) is 5.52 Å². The summed E-state index contributed by atoms with van der Waals surface area (Å²) in [5.41, 5.74) is 7.55. The summed E-state index contributed by atoms with van der Waals surface area (Å²) in [6, 6.07) is 46.2. The van der Waals surface area contributed by atoms with Gasteiger partial charge in [-0.3, -0.25) is 4.98 Å². The number of pyridine rings is 1. The molecular weight excluding hydrogens is 502 g/mol. The summed E-state index contributed by atoms with van der Waals surface area (Å²) >= 11 is 0. The zero-order valence-corrected chi connectivity index (χ0v) is 22.0. The van der Waals surface area contributed by atoms with Crippen molar-refractivity contribution in [3.05, 3.63) is 140 Å². The molecule has 6 aromatic carbocycles. The van der Waals surface area contributed by atoms with Crippen LogP contribution < -0.4 is 0 Å². The number of hydrogen-bond donors (Lipinski definition) is 0. The number of hydrogen-bond acceptors (Lipinski definition) is 4. The van der Waals surface area contributed by atoms with Crippen molar-refractivity contribution in [1.29, 1.82) is 0 Å². The van der Waals surface area contributed by atoms with Gasteiger partial charge in [-0.05, 0) is 80.2 Å². The molecule has 0 fully saturated rings. The highest BCUT2D eigenvalue weighted by Gasteiger charge is 2.18. The van der Waals surface area contributed by atoms with Crippen LogP contribution in [0.4, 0.5) is 0 Å². The van der Waals surface area contributed by atoms with Crippen molar-refractivity contribution < 1.29 is 4.42 Å². The van der Waals surface area contributed by atoms with Crippen LogP contribution in [0.3, 0.4) is 0 Å². The van der Waals surface area contributed by atoms with Gasteiger partial charge in [-0.25, -0.2) is 0 Å². The van der Waals surface area contributed by atoms with Gasteiger partial charge < -0.3 is 4.42 Å². The summed E-state index contributed by atoms with van der Waals surface area (Å²) in [4.78, 5) is 4.63. The number of fused-ring (bicyclic) bond motifs is 3. The first-order valence-electron chi connectivity index (χ1n) is 13.6. The highest BCUT2D eigenvalue weighted by atomic mass is 16.4. The Balaban J connectivity index is 1.31. The molecule has 0 N–H and O–H groups in total. The van der Waals surface area contributed by atoms with Gasteiger partial charge in [-0.15, -0.1) is 10.2 Å². The molecule has 0 aliphatic carbocycles. The zero-order chi connectivity index (χ0) is 27.2. The topological polar surface area (TPSA) is 51.8 Å². The molecule has 0 aliphatic rings. The molecule has 2 aromatic heterocycles. The predicted octanol–water partition coefficient (Wildman–Crippen LogP) is 9.59. The molecule has 0 spiro atoms. The first-order chi connectivity index (χ1) is 20.3. The summed E-state index contributed by atoms with van der Waals surface area (Å²) in [6.45, 7) is 0. The average molecular weight is 526 g/mol. The van der Waals surface area contributed by atoms with Crippen LogP contribution in [0, 0.1) is 0 Å². The van der Waals surface area contributed by atoms with Crippen molar-refractivity contribution in [2.24, 2.45) is 0 Å². The van der Waals surface area contributed by atoms with Crippen LogP contribution in [0.25, 0.3) is 77.6 Å². The van der Waals surface area contributed by atoms with Crippen molar-refractivity contribution >= 4 is 32.4 Å². The Morgan fingerprint density at radius 2 is 0.927 bits per heavy atom. The lowest BCUT2D eigenvalue weighted by Gasteiger charge is -2.18. The SMILES string of the molecule is c1ccc(-c2nnc(-c3ccc(-c4c5ccccc5c(-c5cccc6ncccc56)c5ccccc45)cc3)o2)cc1. The highest BCUT2D eigenvalue weighted by molar-refractivity contribution is 6.23. The maximum atomic E-state index is 6.01. The van der Waals surface area contributed by atoms with Crippen molar-refractivity contribution in [3.8, 4) is 45.2 Å². The first-order valence-corrected chi connectivity index (χ1v) is 13.6. The number of rotatable bonds is 4. The minimum Gasteiger partial charge on any atom is -0.416 e. The Morgan fingerprint density at radius 3 is 1.59 bits per heavy atom. The Bertz CT molecular complexity index is 2140. The van der Waals surface area contributed by atoms with E-state index in [0.29, 0.717) is 11.8 Å². The lowest BCUT2D eigenvalue weighted by molar-refractivity contribution is 0.584. The molecule has 4 heteroatoms. The molecule has 0 bridgehead atoms. The Morgan fingerprint density at radius 1 is 0.390 bits per heavy atom. The van der Waals surface area contributed by atoms with E-state index in [-0.39, 0.29) is 0 Å². The fourth-order valence-corrected chi connectivity index (χ4v) is 5.87. The molecule has 0 atom stereocenters. The summed E-state index contributed by atoms with van der Waals surface area (Å²) in [5, 5.41) is 14.6. The number of aromatic nitrogens is 3. The van der Waals surface area contributed by atoms with Crippen LogP contribution in [-0.4, -0.2) is 15.2 Å². The largest absolute Gasteiger partial charge is 0.416 e. The van der Waals surface area contributed by atoms with Gasteiger partial charge in [0.15, 0.2) is 0 Å². The van der Waals surface area contributed by atoms with E-state index in [1.807, 2.05) is 42.6 Å². The third-order valence-corrected chi connectivity index (χ3v) is 7.71. The van der Waals surface area contributed by atoms with Gasteiger partial charge in [0.25, 0.3) is 0 Å². The van der Waals surface area contributed by atoms with E-state index < -0.39 is 0 Å². The Labute approximate surface area is 236 Å². The van der Waals surface area contributed by atoms with Gasteiger partial charge >= 0.3 is 0 Å². The molecule has 2 heterocycles. The molecule has 0 amide bonds. The highest BCUT2D eigenvalue weighted by Crippen LogP contribution is 2.45. The summed E-state index contributed by atoms with van der Waals surface area (Å²) in [5.74, 6) is 1.02. The van der Waals surface area contributed by atoms with Gasteiger partial charge in [0, 0.05) is 22.7 Å². The molecule has 0 radical (unpaired) electrons. The number of benzene rings is 6. The minimum absolute atomic E-state index is 0.505.